The molecule has 2 aromatic rings. The summed E-state index contributed by atoms with van der Waals surface area (Å²) in [6, 6.07) is 14.4. The van der Waals surface area contributed by atoms with E-state index in [0.29, 0.717) is 18.0 Å². The van der Waals surface area contributed by atoms with Crippen LogP contribution in [0.3, 0.4) is 0 Å². The summed E-state index contributed by atoms with van der Waals surface area (Å²) in [6.45, 7) is 7.47. The van der Waals surface area contributed by atoms with Crippen molar-refractivity contribution >= 4 is 11.7 Å². The lowest BCUT2D eigenvalue weighted by Gasteiger charge is -2.34. The summed E-state index contributed by atoms with van der Waals surface area (Å²) in [6.07, 6.45) is 1.72. The van der Waals surface area contributed by atoms with Gasteiger partial charge in [-0.25, -0.2) is 4.98 Å². The molecule has 0 spiro atoms. The summed E-state index contributed by atoms with van der Waals surface area (Å²) >= 11 is 0. The first-order valence-corrected chi connectivity index (χ1v) is 8.91. The van der Waals surface area contributed by atoms with Crippen molar-refractivity contribution in [3.05, 3.63) is 59.8 Å². The van der Waals surface area contributed by atoms with Gasteiger partial charge in [0.1, 0.15) is 5.82 Å². The van der Waals surface area contributed by atoms with Crippen molar-refractivity contribution in [2.75, 3.05) is 31.1 Å². The fourth-order valence-electron chi connectivity index (χ4n) is 3.00. The summed E-state index contributed by atoms with van der Waals surface area (Å²) in [4.78, 5) is 19.0. The average molecular weight is 338 g/mol. The monoisotopic (exact) mass is 338 g/mol. The molecule has 1 atom stereocenters. The summed E-state index contributed by atoms with van der Waals surface area (Å²) in [7, 11) is 0. The molecule has 5 nitrogen and oxygen atoms in total. The molecular formula is C20H26N4O. The SMILES string of the molecule is CC(C)CNC(=O)c1ccnc(N2CCNC(c3ccccc3)C2)c1. The smallest absolute Gasteiger partial charge is 0.251 e. The van der Waals surface area contributed by atoms with Crippen LogP contribution in [0.5, 0.6) is 0 Å². The van der Waals surface area contributed by atoms with E-state index in [0.717, 1.165) is 25.5 Å². The zero-order chi connectivity index (χ0) is 17.6. The molecule has 3 rings (SSSR count). The zero-order valence-corrected chi connectivity index (χ0v) is 14.9. The fraction of sp³-hybridized carbons (Fsp3) is 0.400. The first-order valence-electron chi connectivity index (χ1n) is 8.91. The van der Waals surface area contributed by atoms with Gasteiger partial charge in [-0.05, 0) is 23.6 Å². The van der Waals surface area contributed by atoms with Crippen LogP contribution in [-0.2, 0) is 0 Å². The minimum Gasteiger partial charge on any atom is -0.353 e. The van der Waals surface area contributed by atoms with Crippen molar-refractivity contribution in [3.8, 4) is 0 Å². The Bertz CT molecular complexity index is 702. The van der Waals surface area contributed by atoms with Gasteiger partial charge in [-0.1, -0.05) is 44.2 Å². The number of pyridine rings is 1. The van der Waals surface area contributed by atoms with Gasteiger partial charge in [-0.3, -0.25) is 4.79 Å². The molecule has 132 valence electrons. The van der Waals surface area contributed by atoms with Crippen molar-refractivity contribution in [2.24, 2.45) is 5.92 Å². The third-order valence-electron chi connectivity index (χ3n) is 4.38. The number of nitrogens with zero attached hydrogens (tertiary/aromatic N) is 2. The molecule has 1 amide bonds. The number of hydrogen-bond acceptors (Lipinski definition) is 4. The van der Waals surface area contributed by atoms with Crippen molar-refractivity contribution in [2.45, 2.75) is 19.9 Å². The summed E-state index contributed by atoms with van der Waals surface area (Å²) < 4.78 is 0. The topological polar surface area (TPSA) is 57.3 Å². The van der Waals surface area contributed by atoms with E-state index < -0.39 is 0 Å². The van der Waals surface area contributed by atoms with Crippen LogP contribution in [0, 0.1) is 5.92 Å². The normalized spacial score (nSPS) is 17.6. The second kappa shape index (κ2) is 8.12. The molecule has 1 aromatic heterocycles. The van der Waals surface area contributed by atoms with E-state index in [1.54, 1.807) is 12.3 Å². The highest BCUT2D eigenvalue weighted by atomic mass is 16.1. The molecule has 5 heteroatoms. The minimum absolute atomic E-state index is 0.0351. The van der Waals surface area contributed by atoms with E-state index in [9.17, 15) is 4.79 Å². The molecular weight excluding hydrogens is 312 g/mol. The highest BCUT2D eigenvalue weighted by Gasteiger charge is 2.22. The first kappa shape index (κ1) is 17.4. The Morgan fingerprint density at radius 1 is 1.32 bits per heavy atom. The van der Waals surface area contributed by atoms with Crippen LogP contribution >= 0.6 is 0 Å². The number of anilines is 1. The van der Waals surface area contributed by atoms with Crippen LogP contribution in [0.15, 0.2) is 48.7 Å². The third kappa shape index (κ3) is 4.57. The Balaban J connectivity index is 1.71. The van der Waals surface area contributed by atoms with Gasteiger partial charge in [0.2, 0.25) is 0 Å². The third-order valence-corrected chi connectivity index (χ3v) is 4.38. The van der Waals surface area contributed by atoms with E-state index in [1.807, 2.05) is 12.1 Å². The maximum Gasteiger partial charge on any atom is 0.251 e. The van der Waals surface area contributed by atoms with Gasteiger partial charge in [0.05, 0.1) is 0 Å². The molecule has 0 saturated carbocycles. The summed E-state index contributed by atoms with van der Waals surface area (Å²) in [5, 5.41) is 6.52. The van der Waals surface area contributed by atoms with Crippen molar-refractivity contribution in [1.82, 2.24) is 15.6 Å². The number of piperazine rings is 1. The molecule has 1 fully saturated rings. The number of amides is 1. The van der Waals surface area contributed by atoms with Crippen LogP contribution < -0.4 is 15.5 Å². The molecule has 0 aliphatic carbocycles. The maximum absolute atomic E-state index is 12.3. The highest BCUT2D eigenvalue weighted by molar-refractivity contribution is 5.94. The zero-order valence-electron chi connectivity index (χ0n) is 14.9. The highest BCUT2D eigenvalue weighted by Crippen LogP contribution is 2.21. The fourth-order valence-corrected chi connectivity index (χ4v) is 3.00. The van der Waals surface area contributed by atoms with Gasteiger partial charge >= 0.3 is 0 Å². The molecule has 1 aliphatic rings. The van der Waals surface area contributed by atoms with E-state index in [1.165, 1.54) is 5.56 Å². The Labute approximate surface area is 149 Å². The van der Waals surface area contributed by atoms with Crippen LogP contribution in [0.1, 0.15) is 35.8 Å². The minimum atomic E-state index is -0.0351. The second-order valence-electron chi connectivity index (χ2n) is 6.87. The molecule has 1 aromatic carbocycles. The molecule has 0 radical (unpaired) electrons. The number of nitrogens with one attached hydrogen (secondary N) is 2. The van der Waals surface area contributed by atoms with Crippen molar-refractivity contribution in [1.29, 1.82) is 0 Å². The van der Waals surface area contributed by atoms with Crippen LogP contribution in [0.25, 0.3) is 0 Å². The van der Waals surface area contributed by atoms with E-state index in [-0.39, 0.29) is 11.9 Å². The summed E-state index contributed by atoms with van der Waals surface area (Å²) in [5.41, 5.74) is 1.94. The Morgan fingerprint density at radius 3 is 2.88 bits per heavy atom. The number of benzene rings is 1. The van der Waals surface area contributed by atoms with Gasteiger partial charge in [0.25, 0.3) is 5.91 Å². The van der Waals surface area contributed by atoms with E-state index in [4.69, 9.17) is 0 Å². The van der Waals surface area contributed by atoms with Gasteiger partial charge in [0.15, 0.2) is 0 Å². The molecule has 1 saturated heterocycles. The molecule has 1 unspecified atom stereocenters. The number of carbonyl (C=O) groups is 1. The molecule has 0 bridgehead atoms. The second-order valence-corrected chi connectivity index (χ2v) is 6.87. The van der Waals surface area contributed by atoms with Gasteiger partial charge < -0.3 is 15.5 Å². The lowest BCUT2D eigenvalue weighted by atomic mass is 10.0. The lowest BCUT2D eigenvalue weighted by Crippen LogP contribution is -2.46. The van der Waals surface area contributed by atoms with Gasteiger partial charge in [0, 0.05) is 44.0 Å². The molecule has 2 heterocycles. The number of hydrogen-bond donors (Lipinski definition) is 2. The average Bonchev–Trinajstić information content (AvgIpc) is 2.67. The summed E-state index contributed by atoms with van der Waals surface area (Å²) in [5.74, 6) is 1.26. The number of rotatable bonds is 5. The Kier molecular flexibility index (Phi) is 5.66. The maximum atomic E-state index is 12.3. The van der Waals surface area contributed by atoms with Crippen molar-refractivity contribution < 1.29 is 4.79 Å². The predicted octanol–water partition coefficient (Wildman–Crippen LogP) is 2.62. The van der Waals surface area contributed by atoms with Gasteiger partial charge in [-0.15, -0.1) is 0 Å². The Morgan fingerprint density at radius 2 is 2.12 bits per heavy atom. The standard InChI is InChI=1S/C20H26N4O/c1-15(2)13-23-20(25)17-8-9-22-19(12-17)24-11-10-21-18(14-24)16-6-4-3-5-7-16/h3-9,12,15,18,21H,10-11,13-14H2,1-2H3,(H,23,25). The van der Waals surface area contributed by atoms with Gasteiger partial charge in [-0.2, -0.15) is 0 Å². The molecule has 1 aliphatic heterocycles. The van der Waals surface area contributed by atoms with Crippen molar-refractivity contribution in [3.63, 3.8) is 0 Å². The lowest BCUT2D eigenvalue weighted by molar-refractivity contribution is 0.0949. The first-order chi connectivity index (χ1) is 12.1. The number of carbonyl (C=O) groups excluding carboxylic acids is 1. The van der Waals surface area contributed by atoms with E-state index in [2.05, 4.69) is 58.6 Å². The predicted molar refractivity (Wildman–Crippen MR) is 101 cm³/mol. The molecule has 2 N–H and O–H groups in total. The quantitative estimate of drug-likeness (QED) is 0.880. The van der Waals surface area contributed by atoms with Crippen LogP contribution in [0.2, 0.25) is 0 Å². The Hall–Kier alpha value is -2.40. The largest absolute Gasteiger partial charge is 0.353 e. The number of aromatic nitrogens is 1. The molecule has 25 heavy (non-hydrogen) atoms. The van der Waals surface area contributed by atoms with E-state index >= 15 is 0 Å². The van der Waals surface area contributed by atoms with Crippen LogP contribution in [-0.4, -0.2) is 37.1 Å². The van der Waals surface area contributed by atoms with Crippen LogP contribution in [0.4, 0.5) is 5.82 Å².